The smallest absolute Gasteiger partial charge is 0.229 e. The van der Waals surface area contributed by atoms with Crippen LogP contribution in [-0.4, -0.2) is 43.5 Å². The van der Waals surface area contributed by atoms with Gasteiger partial charge in [-0.3, -0.25) is 4.79 Å². The average molecular weight is 371 g/mol. The highest BCUT2D eigenvalue weighted by Gasteiger charge is 2.16. The number of carbonyl (C=O) groups excluding carboxylic acids is 2. The maximum atomic E-state index is 14.2. The zero-order valence-corrected chi connectivity index (χ0v) is 13.5. The summed E-state index contributed by atoms with van der Waals surface area (Å²) in [4.78, 5) is 24.2. The Kier molecular flexibility index (Phi) is 6.12. The van der Waals surface area contributed by atoms with Crippen LogP contribution in [-0.2, 0) is 14.3 Å². The number of rotatable bonds is 5. The van der Waals surface area contributed by atoms with E-state index in [2.05, 4.69) is 21.2 Å². The first-order valence-corrected chi connectivity index (χ1v) is 7.97. The predicted molar refractivity (Wildman–Crippen MR) is 85.7 cm³/mol. The molecule has 2 rings (SSSR count). The van der Waals surface area contributed by atoms with E-state index in [4.69, 9.17) is 4.74 Å². The molecule has 0 atom stereocenters. The summed E-state index contributed by atoms with van der Waals surface area (Å²) in [6.45, 7) is 2.43. The number of morpholine rings is 1. The lowest BCUT2D eigenvalue weighted by atomic mass is 10.2. The van der Waals surface area contributed by atoms with Gasteiger partial charge in [-0.25, -0.2) is 9.18 Å². The van der Waals surface area contributed by atoms with Crippen molar-refractivity contribution >= 4 is 39.2 Å². The van der Waals surface area contributed by atoms with Gasteiger partial charge in [-0.2, -0.15) is 0 Å². The molecular formula is C15H16BrFN2O3. The van der Waals surface area contributed by atoms with Crippen molar-refractivity contribution in [3.05, 3.63) is 29.6 Å². The Balaban J connectivity index is 2.02. The van der Waals surface area contributed by atoms with Crippen molar-refractivity contribution in [3.8, 4) is 0 Å². The van der Waals surface area contributed by atoms with Crippen molar-refractivity contribution < 1.29 is 18.7 Å². The van der Waals surface area contributed by atoms with Gasteiger partial charge in [0, 0.05) is 29.7 Å². The quantitative estimate of drug-likeness (QED) is 0.637. The average Bonchev–Trinajstić information content (AvgIpc) is 2.53. The lowest BCUT2D eigenvalue weighted by molar-refractivity contribution is -0.115. The minimum atomic E-state index is -0.397. The molecule has 1 fully saturated rings. The van der Waals surface area contributed by atoms with Crippen LogP contribution < -0.4 is 10.2 Å². The van der Waals surface area contributed by atoms with Crippen LogP contribution in [0.25, 0.3) is 0 Å². The molecule has 0 unspecified atom stereocenters. The molecule has 1 amide bonds. The van der Waals surface area contributed by atoms with E-state index in [-0.39, 0.29) is 17.7 Å². The SMILES string of the molecule is O=C=C(CBr)CC(=O)Nc1ccc(N2CCOCC2)c(F)c1. The Morgan fingerprint density at radius 2 is 2.14 bits per heavy atom. The molecule has 1 aliphatic rings. The molecule has 0 radical (unpaired) electrons. The molecule has 7 heteroatoms. The van der Waals surface area contributed by atoms with E-state index < -0.39 is 5.82 Å². The van der Waals surface area contributed by atoms with E-state index in [1.807, 2.05) is 4.90 Å². The molecule has 1 aromatic rings. The van der Waals surface area contributed by atoms with Crippen molar-refractivity contribution in [3.63, 3.8) is 0 Å². The monoisotopic (exact) mass is 370 g/mol. The molecule has 0 aliphatic carbocycles. The van der Waals surface area contributed by atoms with Gasteiger partial charge in [-0.05, 0) is 18.2 Å². The summed E-state index contributed by atoms with van der Waals surface area (Å²) in [5.41, 5.74) is 1.16. The zero-order chi connectivity index (χ0) is 15.9. The van der Waals surface area contributed by atoms with Crippen LogP contribution in [0.4, 0.5) is 15.8 Å². The molecule has 0 saturated carbocycles. The molecular weight excluding hydrogens is 355 g/mol. The Morgan fingerprint density at radius 1 is 1.41 bits per heavy atom. The number of nitrogens with one attached hydrogen (secondary N) is 1. The van der Waals surface area contributed by atoms with Gasteiger partial charge in [0.25, 0.3) is 0 Å². The first-order valence-electron chi connectivity index (χ1n) is 6.85. The molecule has 1 heterocycles. The van der Waals surface area contributed by atoms with Gasteiger partial charge in [0.05, 0.1) is 25.3 Å². The van der Waals surface area contributed by atoms with Crippen LogP contribution in [0.2, 0.25) is 0 Å². The molecule has 1 aliphatic heterocycles. The summed E-state index contributed by atoms with van der Waals surface area (Å²) in [5.74, 6) is 0.923. The fraction of sp³-hybridized carbons (Fsp3) is 0.400. The first-order chi connectivity index (χ1) is 10.6. The fourth-order valence-corrected chi connectivity index (χ4v) is 2.47. The molecule has 1 N–H and O–H groups in total. The van der Waals surface area contributed by atoms with Crippen molar-refractivity contribution in [1.29, 1.82) is 0 Å². The molecule has 0 bridgehead atoms. The van der Waals surface area contributed by atoms with E-state index >= 15 is 0 Å². The van der Waals surface area contributed by atoms with Crippen molar-refractivity contribution in [1.82, 2.24) is 0 Å². The number of nitrogens with zero attached hydrogens (tertiary/aromatic N) is 1. The highest BCUT2D eigenvalue weighted by Crippen LogP contribution is 2.24. The van der Waals surface area contributed by atoms with Crippen LogP contribution in [0, 0.1) is 5.82 Å². The zero-order valence-electron chi connectivity index (χ0n) is 11.9. The van der Waals surface area contributed by atoms with Crippen molar-refractivity contribution in [2.45, 2.75) is 6.42 Å². The number of benzene rings is 1. The molecule has 0 aromatic heterocycles. The summed E-state index contributed by atoms with van der Waals surface area (Å²) >= 11 is 3.10. The summed E-state index contributed by atoms with van der Waals surface area (Å²) in [7, 11) is 0. The summed E-state index contributed by atoms with van der Waals surface area (Å²) in [6.07, 6.45) is -0.0679. The molecule has 118 valence electrons. The predicted octanol–water partition coefficient (Wildman–Crippen LogP) is 2.14. The van der Waals surface area contributed by atoms with Crippen LogP contribution >= 0.6 is 15.9 Å². The Morgan fingerprint density at radius 3 is 2.73 bits per heavy atom. The van der Waals surface area contributed by atoms with Gasteiger partial charge >= 0.3 is 0 Å². The number of anilines is 2. The van der Waals surface area contributed by atoms with Gasteiger partial charge in [-0.1, -0.05) is 15.9 Å². The Bertz CT molecular complexity index is 596. The molecule has 5 nitrogen and oxygen atoms in total. The maximum absolute atomic E-state index is 14.2. The number of ether oxygens (including phenoxy) is 1. The van der Waals surface area contributed by atoms with Crippen molar-refractivity contribution in [2.75, 3.05) is 41.9 Å². The highest BCUT2D eigenvalue weighted by molar-refractivity contribution is 9.09. The third-order valence-corrected chi connectivity index (χ3v) is 3.94. The van der Waals surface area contributed by atoms with Crippen molar-refractivity contribution in [2.24, 2.45) is 0 Å². The number of carbonyl (C=O) groups is 1. The van der Waals surface area contributed by atoms with Gasteiger partial charge in [0.2, 0.25) is 5.91 Å². The fourth-order valence-electron chi connectivity index (χ4n) is 2.15. The van der Waals surface area contributed by atoms with Gasteiger partial charge in [0.1, 0.15) is 11.8 Å². The van der Waals surface area contributed by atoms with Crippen LogP contribution in [0.5, 0.6) is 0 Å². The minimum Gasteiger partial charge on any atom is -0.378 e. The van der Waals surface area contributed by atoms with Gasteiger partial charge in [-0.15, -0.1) is 0 Å². The topological polar surface area (TPSA) is 58.6 Å². The van der Waals surface area contributed by atoms with E-state index in [1.165, 1.54) is 6.07 Å². The Hall–Kier alpha value is -1.69. The number of alkyl halides is 1. The lowest BCUT2D eigenvalue weighted by Crippen LogP contribution is -2.36. The third-order valence-electron chi connectivity index (χ3n) is 3.26. The van der Waals surface area contributed by atoms with Gasteiger partial charge < -0.3 is 15.0 Å². The minimum absolute atomic E-state index is 0.0679. The lowest BCUT2D eigenvalue weighted by Gasteiger charge is -2.29. The normalized spacial score (nSPS) is 14.4. The third kappa shape index (κ3) is 4.40. The highest BCUT2D eigenvalue weighted by atomic mass is 79.9. The van der Waals surface area contributed by atoms with E-state index in [0.29, 0.717) is 43.3 Å². The number of hydrogen-bond donors (Lipinski definition) is 1. The second kappa shape index (κ2) is 8.08. The van der Waals surface area contributed by atoms with E-state index in [9.17, 15) is 14.0 Å². The molecule has 1 saturated heterocycles. The largest absolute Gasteiger partial charge is 0.378 e. The molecule has 0 spiro atoms. The number of halogens is 2. The maximum Gasteiger partial charge on any atom is 0.229 e. The van der Waals surface area contributed by atoms with Crippen LogP contribution in [0.1, 0.15) is 6.42 Å². The summed E-state index contributed by atoms with van der Waals surface area (Å²) < 4.78 is 19.4. The summed E-state index contributed by atoms with van der Waals surface area (Å²) in [5, 5.41) is 2.86. The van der Waals surface area contributed by atoms with E-state index in [0.717, 1.165) is 0 Å². The molecule has 1 aromatic carbocycles. The number of amides is 1. The van der Waals surface area contributed by atoms with Gasteiger partial charge in [0.15, 0.2) is 0 Å². The second-order valence-electron chi connectivity index (χ2n) is 4.83. The summed E-state index contributed by atoms with van der Waals surface area (Å²) in [6, 6.07) is 4.56. The van der Waals surface area contributed by atoms with E-state index in [1.54, 1.807) is 18.1 Å². The second-order valence-corrected chi connectivity index (χ2v) is 5.39. The van der Waals surface area contributed by atoms with Crippen LogP contribution in [0.3, 0.4) is 0 Å². The standard InChI is InChI=1S/C15H16BrFN2O3/c16-9-11(10-20)7-15(21)18-12-1-2-14(13(17)8-12)19-3-5-22-6-4-19/h1-2,8H,3-7,9H2,(H,18,21). The van der Waals surface area contributed by atoms with Crippen LogP contribution in [0.15, 0.2) is 23.8 Å². The Labute approximate surface area is 136 Å². The molecule has 22 heavy (non-hydrogen) atoms. The number of hydrogen-bond acceptors (Lipinski definition) is 4. The first kappa shape index (κ1) is 16.7.